The van der Waals surface area contributed by atoms with Crippen molar-refractivity contribution in [3.8, 4) is 5.69 Å². The molecule has 0 saturated heterocycles. The van der Waals surface area contributed by atoms with E-state index >= 15 is 0 Å². The van der Waals surface area contributed by atoms with Crippen LogP contribution in [0.2, 0.25) is 5.02 Å². The maximum Gasteiger partial charge on any atom is 0.227 e. The van der Waals surface area contributed by atoms with Gasteiger partial charge in [0.25, 0.3) is 0 Å². The van der Waals surface area contributed by atoms with Gasteiger partial charge in [-0.05, 0) is 24.3 Å². The third-order valence-corrected chi connectivity index (χ3v) is 3.29. The highest BCUT2D eigenvalue weighted by atomic mass is 35.5. The molecule has 112 valence electrons. The van der Waals surface area contributed by atoms with Crippen LogP contribution in [-0.4, -0.2) is 35.4 Å². The highest BCUT2D eigenvalue weighted by Crippen LogP contribution is 2.24. The molecule has 1 heterocycles. The number of benzene rings is 1. The zero-order chi connectivity index (χ0) is 15.2. The first-order valence-electron chi connectivity index (χ1n) is 6.46. The van der Waals surface area contributed by atoms with Crippen LogP contribution in [0, 0.1) is 0 Å². The monoisotopic (exact) mass is 308 g/mol. The molecule has 0 bridgehead atoms. The average Bonchev–Trinajstić information content (AvgIpc) is 2.98. The smallest absolute Gasteiger partial charge is 0.227 e. The van der Waals surface area contributed by atoms with Crippen molar-refractivity contribution >= 4 is 23.2 Å². The topological polar surface area (TPSA) is 82.2 Å². The van der Waals surface area contributed by atoms with E-state index in [0.717, 1.165) is 5.69 Å². The molecule has 0 saturated carbocycles. The van der Waals surface area contributed by atoms with Gasteiger partial charge >= 0.3 is 0 Å². The Labute approximate surface area is 127 Å². The van der Waals surface area contributed by atoms with Crippen LogP contribution in [0.15, 0.2) is 36.7 Å². The highest BCUT2D eigenvalue weighted by molar-refractivity contribution is 6.32. The van der Waals surface area contributed by atoms with Crippen LogP contribution < -0.4 is 11.1 Å². The Bertz CT molecular complexity index is 597. The molecular formula is C14H17ClN4O2. The lowest BCUT2D eigenvalue weighted by atomic mass is 10.2. The molecule has 1 unspecified atom stereocenters. The Morgan fingerprint density at radius 2 is 2.38 bits per heavy atom. The number of nitrogens with one attached hydrogen (secondary N) is 1. The zero-order valence-corrected chi connectivity index (χ0v) is 12.4. The average molecular weight is 309 g/mol. The first-order valence-corrected chi connectivity index (χ1v) is 6.84. The summed E-state index contributed by atoms with van der Waals surface area (Å²) in [6.07, 6.45) is 3.38. The summed E-state index contributed by atoms with van der Waals surface area (Å²) in [6, 6.07) is 7.05. The molecule has 0 aliphatic carbocycles. The van der Waals surface area contributed by atoms with E-state index in [1.165, 1.54) is 7.11 Å². The number of carbonyl (C=O) groups excluding carboxylic acids is 1. The number of hydrogen-bond donors (Lipinski definition) is 2. The molecular weight excluding hydrogens is 292 g/mol. The molecule has 3 N–H and O–H groups in total. The molecule has 0 fully saturated rings. The van der Waals surface area contributed by atoms with Crippen molar-refractivity contribution in [2.45, 2.75) is 12.5 Å². The summed E-state index contributed by atoms with van der Waals surface area (Å²) in [5.74, 6) is -0.171. The number of rotatable bonds is 6. The van der Waals surface area contributed by atoms with Crippen LogP contribution in [-0.2, 0) is 9.53 Å². The lowest BCUT2D eigenvalue weighted by Gasteiger charge is -2.13. The maximum atomic E-state index is 11.9. The Kier molecular flexibility index (Phi) is 5.32. The predicted octanol–water partition coefficient (Wildman–Crippen LogP) is 1.83. The lowest BCUT2D eigenvalue weighted by molar-refractivity contribution is -0.118. The molecule has 0 spiro atoms. The van der Waals surface area contributed by atoms with Gasteiger partial charge in [-0.2, -0.15) is 5.10 Å². The number of anilines is 1. The van der Waals surface area contributed by atoms with E-state index in [-0.39, 0.29) is 18.4 Å². The van der Waals surface area contributed by atoms with Crippen molar-refractivity contribution in [2.24, 2.45) is 5.73 Å². The van der Waals surface area contributed by atoms with Gasteiger partial charge in [0.2, 0.25) is 5.91 Å². The van der Waals surface area contributed by atoms with E-state index in [1.54, 1.807) is 35.3 Å². The molecule has 2 aromatic rings. The Morgan fingerprint density at radius 1 is 1.57 bits per heavy atom. The minimum atomic E-state index is -0.288. The Hall–Kier alpha value is -1.89. The van der Waals surface area contributed by atoms with Crippen LogP contribution in [0.4, 0.5) is 5.69 Å². The van der Waals surface area contributed by atoms with Crippen molar-refractivity contribution in [3.05, 3.63) is 41.7 Å². The molecule has 1 amide bonds. The summed E-state index contributed by atoms with van der Waals surface area (Å²) in [6.45, 7) is 0.295. The highest BCUT2D eigenvalue weighted by Gasteiger charge is 2.12. The largest absolute Gasteiger partial charge is 0.380 e. The summed E-state index contributed by atoms with van der Waals surface area (Å²) in [5.41, 5.74) is 6.85. The molecule has 6 nitrogen and oxygen atoms in total. The second kappa shape index (κ2) is 7.21. The molecule has 0 aliphatic rings. The number of ether oxygens (including phenoxy) is 1. The van der Waals surface area contributed by atoms with Gasteiger partial charge in [0, 0.05) is 31.7 Å². The molecule has 1 atom stereocenters. The number of carbonyl (C=O) groups is 1. The van der Waals surface area contributed by atoms with Crippen LogP contribution in [0.5, 0.6) is 0 Å². The minimum absolute atomic E-state index is 0.171. The molecule has 1 aromatic carbocycles. The van der Waals surface area contributed by atoms with Gasteiger partial charge in [-0.25, -0.2) is 4.68 Å². The zero-order valence-electron chi connectivity index (χ0n) is 11.6. The summed E-state index contributed by atoms with van der Waals surface area (Å²) in [7, 11) is 1.53. The number of halogens is 1. The van der Waals surface area contributed by atoms with Crippen LogP contribution in [0.3, 0.4) is 0 Å². The van der Waals surface area contributed by atoms with Crippen LogP contribution in [0.25, 0.3) is 5.69 Å². The number of amides is 1. The number of aromatic nitrogens is 2. The minimum Gasteiger partial charge on any atom is -0.380 e. The fourth-order valence-electron chi connectivity index (χ4n) is 1.86. The van der Waals surface area contributed by atoms with Gasteiger partial charge < -0.3 is 15.8 Å². The van der Waals surface area contributed by atoms with Crippen molar-refractivity contribution in [1.82, 2.24) is 9.78 Å². The van der Waals surface area contributed by atoms with E-state index in [4.69, 9.17) is 22.1 Å². The first kappa shape index (κ1) is 15.5. The van der Waals surface area contributed by atoms with Crippen LogP contribution in [0.1, 0.15) is 6.42 Å². The van der Waals surface area contributed by atoms with E-state index in [0.29, 0.717) is 17.3 Å². The fourth-order valence-corrected chi connectivity index (χ4v) is 2.13. The molecule has 1 aromatic heterocycles. The molecule has 0 aliphatic heterocycles. The third-order valence-electron chi connectivity index (χ3n) is 2.99. The van der Waals surface area contributed by atoms with Gasteiger partial charge in [-0.1, -0.05) is 11.6 Å². The maximum absolute atomic E-state index is 11.9. The van der Waals surface area contributed by atoms with Crippen molar-refractivity contribution in [2.75, 3.05) is 19.0 Å². The van der Waals surface area contributed by atoms with Gasteiger partial charge in [0.15, 0.2) is 0 Å². The normalized spacial score (nSPS) is 12.1. The number of methoxy groups -OCH3 is 1. The second-order valence-corrected chi connectivity index (χ2v) is 4.87. The van der Waals surface area contributed by atoms with Crippen molar-refractivity contribution in [3.63, 3.8) is 0 Å². The molecule has 21 heavy (non-hydrogen) atoms. The summed E-state index contributed by atoms with van der Waals surface area (Å²) >= 11 is 6.21. The predicted molar refractivity (Wildman–Crippen MR) is 81.7 cm³/mol. The standard InChI is InChI=1S/C14H17ClN4O2/c1-21-11(9-16)8-14(20)18-10-3-4-13(12(15)7-10)19-6-2-5-17-19/h2-7,11H,8-9,16H2,1H3,(H,18,20). The second-order valence-electron chi connectivity index (χ2n) is 4.46. The number of nitrogens with two attached hydrogens (primary N) is 1. The van der Waals surface area contributed by atoms with Gasteiger partial charge in [0.1, 0.15) is 0 Å². The van der Waals surface area contributed by atoms with Crippen molar-refractivity contribution in [1.29, 1.82) is 0 Å². The van der Waals surface area contributed by atoms with Gasteiger partial charge in [-0.3, -0.25) is 4.79 Å². The Balaban J connectivity index is 2.05. The van der Waals surface area contributed by atoms with Crippen LogP contribution >= 0.6 is 11.6 Å². The van der Waals surface area contributed by atoms with E-state index in [1.807, 2.05) is 6.07 Å². The SMILES string of the molecule is COC(CN)CC(=O)Nc1ccc(-n2cccn2)c(Cl)c1. The van der Waals surface area contributed by atoms with E-state index in [2.05, 4.69) is 10.4 Å². The fraction of sp³-hybridized carbons (Fsp3) is 0.286. The number of hydrogen-bond acceptors (Lipinski definition) is 4. The lowest BCUT2D eigenvalue weighted by Crippen LogP contribution is -2.28. The van der Waals surface area contributed by atoms with E-state index in [9.17, 15) is 4.79 Å². The Morgan fingerprint density at radius 3 is 2.95 bits per heavy atom. The molecule has 0 radical (unpaired) electrons. The summed E-state index contributed by atoms with van der Waals surface area (Å²) in [4.78, 5) is 11.9. The number of nitrogens with zero attached hydrogens (tertiary/aromatic N) is 2. The van der Waals surface area contributed by atoms with Crippen molar-refractivity contribution < 1.29 is 9.53 Å². The summed E-state index contributed by atoms with van der Waals surface area (Å²) < 4.78 is 6.73. The third kappa shape index (κ3) is 4.04. The van der Waals surface area contributed by atoms with E-state index < -0.39 is 0 Å². The quantitative estimate of drug-likeness (QED) is 0.853. The van der Waals surface area contributed by atoms with Gasteiger partial charge in [-0.15, -0.1) is 0 Å². The summed E-state index contributed by atoms with van der Waals surface area (Å²) in [5, 5.41) is 7.38. The van der Waals surface area contributed by atoms with Gasteiger partial charge in [0.05, 0.1) is 23.2 Å². The first-order chi connectivity index (χ1) is 10.1. The molecule has 7 heteroatoms. The molecule has 2 rings (SSSR count).